The summed E-state index contributed by atoms with van der Waals surface area (Å²) in [7, 11) is 7.47. The van der Waals surface area contributed by atoms with Crippen molar-refractivity contribution in [3.8, 4) is 0 Å². The minimum absolute atomic E-state index is 0.157. The van der Waals surface area contributed by atoms with Crippen molar-refractivity contribution in [2.75, 3.05) is 34.7 Å². The fourth-order valence-corrected chi connectivity index (χ4v) is 1.89. The highest BCUT2D eigenvalue weighted by atomic mass is 33.1. The van der Waals surface area contributed by atoms with Gasteiger partial charge in [0.15, 0.2) is 5.54 Å². The molecule has 7 heteroatoms. The first-order chi connectivity index (χ1) is 8.16. The third-order valence-corrected chi connectivity index (χ3v) is 2.25. The van der Waals surface area contributed by atoms with E-state index in [1.165, 1.54) is 7.05 Å². The molecule has 1 saturated heterocycles. The Morgan fingerprint density at radius 1 is 1.22 bits per heavy atom. The third-order valence-electron chi connectivity index (χ3n) is 2.25. The fourth-order valence-electron chi connectivity index (χ4n) is 1.89. The van der Waals surface area contributed by atoms with Gasteiger partial charge >= 0.3 is 6.03 Å². The first-order valence-electron chi connectivity index (χ1n) is 5.76. The van der Waals surface area contributed by atoms with Crippen LogP contribution in [0.5, 0.6) is 0 Å². The number of nitrogens with one attached hydrogen (secondary N) is 1. The predicted octanol–water partition coefficient (Wildman–Crippen LogP) is 1.42. The average Bonchev–Trinajstić information content (AvgIpc) is 2.46. The molecule has 1 rings (SSSR count). The molecule has 1 unspecified atom stereocenters. The number of carbonyl (C=O) groups is 2. The summed E-state index contributed by atoms with van der Waals surface area (Å²) >= 11 is 6.44. The highest BCUT2D eigenvalue weighted by Gasteiger charge is 2.49. The molecule has 1 fully saturated rings. The molecule has 0 radical (unpaired) electrons. The molecule has 1 aliphatic heterocycles. The van der Waals surface area contributed by atoms with Crippen LogP contribution >= 0.6 is 23.3 Å². The number of rotatable bonds is 2. The SMILES string of the molecule is CC.CN1C(=O)NC(C)(C[N+](C)(C)C)C1=O.SS. The number of thiol groups is 2. The van der Waals surface area contributed by atoms with Crippen molar-refractivity contribution < 1.29 is 14.1 Å². The summed E-state index contributed by atoms with van der Waals surface area (Å²) in [6.07, 6.45) is 0. The van der Waals surface area contributed by atoms with Gasteiger partial charge in [0.1, 0.15) is 6.54 Å². The number of hydrogen-bond acceptors (Lipinski definition) is 4. The molecule has 1 N–H and O–H groups in total. The smallest absolute Gasteiger partial charge is 0.324 e. The molecule has 108 valence electrons. The van der Waals surface area contributed by atoms with Gasteiger partial charge in [-0.1, -0.05) is 13.8 Å². The molecule has 5 nitrogen and oxygen atoms in total. The van der Waals surface area contributed by atoms with E-state index in [1.54, 1.807) is 6.92 Å². The van der Waals surface area contributed by atoms with Crippen LogP contribution in [0.2, 0.25) is 0 Å². The first-order valence-corrected chi connectivity index (χ1v) is 7.36. The van der Waals surface area contributed by atoms with E-state index >= 15 is 0 Å². The lowest BCUT2D eigenvalue weighted by molar-refractivity contribution is -0.872. The number of carbonyl (C=O) groups excluding carboxylic acids is 2. The molecule has 0 spiro atoms. The zero-order chi connectivity index (χ0) is 15.1. The summed E-state index contributed by atoms with van der Waals surface area (Å²) in [4.78, 5) is 24.2. The summed E-state index contributed by atoms with van der Waals surface area (Å²) in [5.41, 5.74) is -0.760. The van der Waals surface area contributed by atoms with Crippen LogP contribution in [0.25, 0.3) is 0 Å². The van der Waals surface area contributed by atoms with Crippen LogP contribution in [0.4, 0.5) is 4.79 Å². The zero-order valence-corrected chi connectivity index (χ0v) is 14.1. The van der Waals surface area contributed by atoms with E-state index in [-0.39, 0.29) is 11.9 Å². The molecule has 1 aliphatic rings. The zero-order valence-electron chi connectivity index (χ0n) is 12.3. The Morgan fingerprint density at radius 2 is 1.61 bits per heavy atom. The maximum absolute atomic E-state index is 11.7. The third kappa shape index (κ3) is 5.49. The highest BCUT2D eigenvalue weighted by molar-refractivity contribution is 8.59. The average molecular weight is 296 g/mol. The second-order valence-corrected chi connectivity index (χ2v) is 5.07. The van der Waals surface area contributed by atoms with Gasteiger partial charge in [-0.25, -0.2) is 4.79 Å². The molecule has 0 bridgehead atoms. The Morgan fingerprint density at radius 3 is 1.83 bits per heavy atom. The molecule has 3 amide bonds. The van der Waals surface area contributed by atoms with Gasteiger partial charge in [0.05, 0.1) is 21.1 Å². The van der Waals surface area contributed by atoms with Gasteiger partial charge < -0.3 is 9.80 Å². The van der Waals surface area contributed by atoms with Crippen LogP contribution in [0.15, 0.2) is 0 Å². The van der Waals surface area contributed by atoms with Crippen molar-refractivity contribution in [1.82, 2.24) is 10.2 Å². The number of likely N-dealkylation sites (N-methyl/N-ethyl adjacent to an activating group) is 2. The largest absolute Gasteiger partial charge is 0.329 e. The highest BCUT2D eigenvalue weighted by Crippen LogP contribution is 2.18. The maximum atomic E-state index is 11.7. The number of imide groups is 1. The molecular weight excluding hydrogens is 270 g/mol. The number of hydrogen-bond donors (Lipinski definition) is 3. The van der Waals surface area contributed by atoms with Crippen molar-refractivity contribution in [3.05, 3.63) is 0 Å². The molecule has 1 atom stereocenters. The van der Waals surface area contributed by atoms with Crippen LogP contribution in [0.3, 0.4) is 0 Å². The van der Waals surface area contributed by atoms with Gasteiger partial charge in [-0.2, -0.15) is 0 Å². The monoisotopic (exact) mass is 296 g/mol. The Kier molecular flexibility index (Phi) is 8.76. The van der Waals surface area contributed by atoms with E-state index in [4.69, 9.17) is 0 Å². The van der Waals surface area contributed by atoms with Crippen molar-refractivity contribution in [2.24, 2.45) is 0 Å². The summed E-state index contributed by atoms with van der Waals surface area (Å²) in [6, 6.07) is -0.314. The van der Waals surface area contributed by atoms with E-state index in [0.29, 0.717) is 11.0 Å². The Labute approximate surface area is 121 Å². The standard InChI is InChI=1S/C9H17N3O2.C2H6.H2S2/c1-9(6-12(3,4)5)7(13)11(2)8(14)10-9;2*1-2/h6H2,1-5H3;1-2H3;1-2H/p+1. The minimum atomic E-state index is -0.760. The van der Waals surface area contributed by atoms with E-state index < -0.39 is 5.54 Å². The molecule has 18 heavy (non-hydrogen) atoms. The summed E-state index contributed by atoms with van der Waals surface area (Å²) in [5.74, 6) is -0.157. The Hall–Kier alpha value is -0.400. The van der Waals surface area contributed by atoms with Crippen LogP contribution in [0, 0.1) is 0 Å². The minimum Gasteiger partial charge on any atom is -0.329 e. The number of quaternary nitrogens is 1. The number of urea groups is 1. The Balaban J connectivity index is 0. The number of nitrogens with zero attached hydrogens (tertiary/aromatic N) is 2. The molecule has 0 aromatic carbocycles. The maximum Gasteiger partial charge on any atom is 0.324 e. The predicted molar refractivity (Wildman–Crippen MR) is 81.9 cm³/mol. The second kappa shape index (κ2) is 7.91. The van der Waals surface area contributed by atoms with Crippen molar-refractivity contribution >= 4 is 35.3 Å². The van der Waals surface area contributed by atoms with E-state index in [9.17, 15) is 9.59 Å². The lowest BCUT2D eigenvalue weighted by atomic mass is 10.0. The first kappa shape index (κ1) is 19.9. The van der Waals surface area contributed by atoms with Gasteiger partial charge in [-0.3, -0.25) is 9.69 Å². The van der Waals surface area contributed by atoms with E-state index in [2.05, 4.69) is 28.6 Å². The van der Waals surface area contributed by atoms with Crippen LogP contribution in [-0.4, -0.2) is 61.6 Å². The molecular formula is C11H26N3O2S2+. The topological polar surface area (TPSA) is 49.4 Å². The van der Waals surface area contributed by atoms with Crippen molar-refractivity contribution in [1.29, 1.82) is 0 Å². The number of amides is 3. The molecule has 0 aliphatic carbocycles. The normalized spacial score (nSPS) is 22.6. The van der Waals surface area contributed by atoms with Gasteiger partial charge in [-0.15, -0.1) is 23.3 Å². The lowest BCUT2D eigenvalue weighted by Gasteiger charge is -2.32. The Bertz CT molecular complexity index is 293. The summed E-state index contributed by atoms with van der Waals surface area (Å²) in [6.45, 7) is 6.35. The van der Waals surface area contributed by atoms with Gasteiger partial charge in [-0.05, 0) is 6.92 Å². The van der Waals surface area contributed by atoms with E-state index in [1.807, 2.05) is 35.0 Å². The van der Waals surface area contributed by atoms with Gasteiger partial charge in [0, 0.05) is 7.05 Å². The van der Waals surface area contributed by atoms with E-state index in [0.717, 1.165) is 4.90 Å². The van der Waals surface area contributed by atoms with Crippen LogP contribution in [0.1, 0.15) is 20.8 Å². The summed E-state index contributed by atoms with van der Waals surface area (Å²) < 4.78 is 0.635. The quantitative estimate of drug-likeness (QED) is 0.312. The van der Waals surface area contributed by atoms with Gasteiger partial charge in [0.2, 0.25) is 0 Å². The second-order valence-electron chi connectivity index (χ2n) is 5.07. The molecule has 0 saturated carbocycles. The fraction of sp³-hybridized carbons (Fsp3) is 0.818. The van der Waals surface area contributed by atoms with Crippen LogP contribution < -0.4 is 5.32 Å². The molecule has 0 aromatic heterocycles. The van der Waals surface area contributed by atoms with Gasteiger partial charge in [0.25, 0.3) is 5.91 Å². The molecule has 0 aromatic rings. The van der Waals surface area contributed by atoms with Crippen LogP contribution in [-0.2, 0) is 4.79 Å². The lowest BCUT2D eigenvalue weighted by Crippen LogP contribution is -2.56. The molecule has 1 heterocycles. The van der Waals surface area contributed by atoms with Crippen molar-refractivity contribution in [3.63, 3.8) is 0 Å². The summed E-state index contributed by atoms with van der Waals surface area (Å²) in [5, 5.41) is 2.71. The van der Waals surface area contributed by atoms with Crippen molar-refractivity contribution in [2.45, 2.75) is 26.3 Å².